The van der Waals surface area contributed by atoms with Crippen molar-refractivity contribution in [2.24, 2.45) is 0 Å². The lowest BCUT2D eigenvalue weighted by atomic mass is 10.0. The summed E-state index contributed by atoms with van der Waals surface area (Å²) in [4.78, 5) is 26.0. The minimum atomic E-state index is -0.384. The van der Waals surface area contributed by atoms with Gasteiger partial charge in [-0.3, -0.25) is 9.59 Å². The first-order chi connectivity index (χ1) is 14.6. The minimum absolute atomic E-state index is 0.121. The second-order valence-corrected chi connectivity index (χ2v) is 7.74. The van der Waals surface area contributed by atoms with Gasteiger partial charge in [0.1, 0.15) is 5.82 Å². The van der Waals surface area contributed by atoms with Gasteiger partial charge in [-0.15, -0.1) is 11.3 Å². The molecule has 1 N–H and O–H groups in total. The van der Waals surface area contributed by atoms with Crippen molar-refractivity contribution in [2.75, 3.05) is 12.4 Å². The van der Waals surface area contributed by atoms with Gasteiger partial charge >= 0.3 is 0 Å². The summed E-state index contributed by atoms with van der Waals surface area (Å²) in [6.07, 6.45) is 0. The lowest BCUT2D eigenvalue weighted by molar-refractivity contribution is 0.102. The van der Waals surface area contributed by atoms with E-state index in [1.54, 1.807) is 60.7 Å². The van der Waals surface area contributed by atoms with Gasteiger partial charge in [0.2, 0.25) is 0 Å². The van der Waals surface area contributed by atoms with Crippen LogP contribution in [0.15, 0.2) is 72.8 Å². The zero-order valence-electron chi connectivity index (χ0n) is 16.1. The first-order valence-corrected chi connectivity index (χ1v) is 10.1. The maximum absolute atomic E-state index is 14.4. The molecule has 0 saturated carbocycles. The molecule has 0 bridgehead atoms. The number of anilines is 1. The average Bonchev–Trinajstić information content (AvgIpc) is 3.14. The summed E-state index contributed by atoms with van der Waals surface area (Å²) in [6.45, 7) is 0.121. The first-order valence-electron chi connectivity index (χ1n) is 9.28. The standard InChI is InChI=1S/C24H18FNO3S/c1-29-14-18-21-19(25)11-6-12-20(21)30-23(18)24(28)26-17-10-5-9-16(13-17)22(27)15-7-3-2-4-8-15/h2-13H,14H2,1H3,(H,26,28). The highest BCUT2D eigenvalue weighted by molar-refractivity contribution is 7.21. The quantitative estimate of drug-likeness (QED) is 0.410. The largest absolute Gasteiger partial charge is 0.380 e. The lowest BCUT2D eigenvalue weighted by Crippen LogP contribution is -2.13. The predicted octanol–water partition coefficient (Wildman–Crippen LogP) is 5.67. The Bertz CT molecular complexity index is 1230. The molecular formula is C24H18FNO3S. The smallest absolute Gasteiger partial charge is 0.266 e. The molecule has 1 heterocycles. The lowest BCUT2D eigenvalue weighted by Gasteiger charge is -2.08. The van der Waals surface area contributed by atoms with E-state index in [4.69, 9.17) is 4.74 Å². The van der Waals surface area contributed by atoms with Crippen molar-refractivity contribution in [3.05, 3.63) is 100 Å². The number of fused-ring (bicyclic) bond motifs is 1. The van der Waals surface area contributed by atoms with E-state index < -0.39 is 0 Å². The van der Waals surface area contributed by atoms with Crippen LogP contribution in [0.3, 0.4) is 0 Å². The summed E-state index contributed by atoms with van der Waals surface area (Å²) < 4.78 is 20.2. The van der Waals surface area contributed by atoms with E-state index >= 15 is 0 Å². The molecule has 1 amide bonds. The molecule has 4 nitrogen and oxygen atoms in total. The van der Waals surface area contributed by atoms with E-state index in [2.05, 4.69) is 5.32 Å². The molecule has 0 aliphatic heterocycles. The third kappa shape index (κ3) is 3.87. The first kappa shape index (κ1) is 19.9. The van der Waals surface area contributed by atoms with Crippen LogP contribution in [0.2, 0.25) is 0 Å². The number of nitrogens with one attached hydrogen (secondary N) is 1. The van der Waals surface area contributed by atoms with Gasteiger partial charge in [-0.2, -0.15) is 0 Å². The van der Waals surface area contributed by atoms with Crippen molar-refractivity contribution in [1.82, 2.24) is 0 Å². The van der Waals surface area contributed by atoms with E-state index in [-0.39, 0.29) is 24.1 Å². The van der Waals surface area contributed by atoms with Crippen molar-refractivity contribution in [2.45, 2.75) is 6.61 Å². The molecule has 0 saturated heterocycles. The van der Waals surface area contributed by atoms with E-state index in [9.17, 15) is 14.0 Å². The number of ether oxygens (including phenoxy) is 1. The maximum Gasteiger partial charge on any atom is 0.266 e. The number of methoxy groups -OCH3 is 1. The third-order valence-electron chi connectivity index (χ3n) is 4.68. The van der Waals surface area contributed by atoms with Crippen LogP contribution < -0.4 is 5.32 Å². The molecule has 0 atom stereocenters. The van der Waals surface area contributed by atoms with E-state index in [1.165, 1.54) is 24.5 Å². The molecule has 0 fully saturated rings. The van der Waals surface area contributed by atoms with Crippen LogP contribution in [-0.2, 0) is 11.3 Å². The van der Waals surface area contributed by atoms with Crippen LogP contribution in [0.1, 0.15) is 31.2 Å². The molecule has 4 rings (SSSR count). The molecule has 6 heteroatoms. The van der Waals surface area contributed by atoms with Crippen molar-refractivity contribution in [3.63, 3.8) is 0 Å². The zero-order chi connectivity index (χ0) is 21.1. The Kier molecular flexibility index (Phi) is 5.70. The molecule has 1 aromatic heterocycles. The normalized spacial score (nSPS) is 10.9. The highest BCUT2D eigenvalue weighted by Gasteiger charge is 2.21. The Labute approximate surface area is 176 Å². The average molecular weight is 419 g/mol. The topological polar surface area (TPSA) is 55.4 Å². The molecule has 0 unspecified atom stereocenters. The Balaban J connectivity index is 1.64. The second kappa shape index (κ2) is 8.57. The number of thiophene rings is 1. The van der Waals surface area contributed by atoms with Gasteiger partial charge in [0, 0.05) is 39.6 Å². The van der Waals surface area contributed by atoms with Gasteiger partial charge in [-0.25, -0.2) is 4.39 Å². The zero-order valence-corrected chi connectivity index (χ0v) is 17.0. The van der Waals surface area contributed by atoms with Crippen molar-refractivity contribution < 1.29 is 18.7 Å². The van der Waals surface area contributed by atoms with Crippen LogP contribution in [0.25, 0.3) is 10.1 Å². The number of rotatable bonds is 6. The van der Waals surface area contributed by atoms with Crippen LogP contribution in [0, 0.1) is 5.82 Å². The van der Waals surface area contributed by atoms with Crippen LogP contribution in [0.5, 0.6) is 0 Å². The summed E-state index contributed by atoms with van der Waals surface area (Å²) in [6, 6.07) is 20.5. The number of halogens is 1. The number of benzene rings is 3. The summed E-state index contributed by atoms with van der Waals surface area (Å²) in [5.74, 6) is -0.882. The summed E-state index contributed by atoms with van der Waals surface area (Å²) in [5.41, 5.74) is 2.05. The summed E-state index contributed by atoms with van der Waals surface area (Å²) in [7, 11) is 1.50. The number of carbonyl (C=O) groups excluding carboxylic acids is 2. The van der Waals surface area contributed by atoms with Crippen molar-refractivity contribution in [3.8, 4) is 0 Å². The molecule has 30 heavy (non-hydrogen) atoms. The Morgan fingerprint density at radius 2 is 1.70 bits per heavy atom. The van der Waals surface area contributed by atoms with Gasteiger partial charge in [-0.1, -0.05) is 48.5 Å². The predicted molar refractivity (Wildman–Crippen MR) is 117 cm³/mol. The fraction of sp³-hybridized carbons (Fsp3) is 0.0833. The molecule has 150 valence electrons. The Morgan fingerprint density at radius 1 is 0.967 bits per heavy atom. The summed E-state index contributed by atoms with van der Waals surface area (Å²) >= 11 is 1.21. The number of amides is 1. The SMILES string of the molecule is COCc1c(C(=O)Nc2cccc(C(=O)c3ccccc3)c2)sc2cccc(F)c12. The highest BCUT2D eigenvalue weighted by atomic mass is 32.1. The van der Waals surface area contributed by atoms with Gasteiger partial charge in [0.25, 0.3) is 5.91 Å². The number of hydrogen-bond acceptors (Lipinski definition) is 4. The van der Waals surface area contributed by atoms with Gasteiger partial charge in [0.05, 0.1) is 11.5 Å². The molecule has 0 aliphatic rings. The van der Waals surface area contributed by atoms with E-state index in [0.29, 0.717) is 37.3 Å². The molecule has 0 aliphatic carbocycles. The monoisotopic (exact) mass is 419 g/mol. The number of carbonyl (C=O) groups is 2. The van der Waals surface area contributed by atoms with E-state index in [0.717, 1.165) is 0 Å². The fourth-order valence-corrected chi connectivity index (χ4v) is 4.43. The van der Waals surface area contributed by atoms with Gasteiger partial charge in [-0.05, 0) is 24.3 Å². The Hall–Kier alpha value is -3.35. The number of ketones is 1. The van der Waals surface area contributed by atoms with Gasteiger partial charge in [0.15, 0.2) is 5.78 Å². The summed E-state index contributed by atoms with van der Waals surface area (Å²) in [5, 5.41) is 3.23. The van der Waals surface area contributed by atoms with Crippen molar-refractivity contribution in [1.29, 1.82) is 0 Å². The van der Waals surface area contributed by atoms with Crippen molar-refractivity contribution >= 4 is 38.8 Å². The minimum Gasteiger partial charge on any atom is -0.380 e. The molecule has 0 spiro atoms. The Morgan fingerprint density at radius 3 is 2.47 bits per heavy atom. The number of hydrogen-bond donors (Lipinski definition) is 1. The van der Waals surface area contributed by atoms with E-state index in [1.807, 2.05) is 6.07 Å². The molecular weight excluding hydrogens is 401 g/mol. The van der Waals surface area contributed by atoms with Crippen LogP contribution in [-0.4, -0.2) is 18.8 Å². The van der Waals surface area contributed by atoms with Crippen LogP contribution in [0.4, 0.5) is 10.1 Å². The molecule has 3 aromatic carbocycles. The van der Waals surface area contributed by atoms with Crippen LogP contribution >= 0.6 is 11.3 Å². The molecule has 4 aromatic rings. The second-order valence-electron chi connectivity index (χ2n) is 6.69. The maximum atomic E-state index is 14.4. The highest BCUT2D eigenvalue weighted by Crippen LogP contribution is 2.34. The molecule has 0 radical (unpaired) electrons. The third-order valence-corrected chi connectivity index (χ3v) is 5.87. The van der Waals surface area contributed by atoms with Gasteiger partial charge < -0.3 is 10.1 Å². The fourth-order valence-electron chi connectivity index (χ4n) is 3.32.